The SMILES string of the molecule is CS(=O)c1ccc(C(=O)N2CCC(C(=O)c3ccccc3)CC2)cc1. The summed E-state index contributed by atoms with van der Waals surface area (Å²) in [5.41, 5.74) is 1.34. The first-order chi connectivity index (χ1) is 12.1. The molecule has 1 saturated heterocycles. The number of ketones is 1. The minimum atomic E-state index is -1.05. The molecule has 1 aliphatic rings. The highest BCUT2D eigenvalue weighted by atomic mass is 32.2. The summed E-state index contributed by atoms with van der Waals surface area (Å²) in [5.74, 6) is 0.123. The predicted molar refractivity (Wildman–Crippen MR) is 98.2 cm³/mol. The molecular formula is C20H21NO3S. The highest BCUT2D eigenvalue weighted by Gasteiger charge is 2.28. The molecule has 2 aromatic rings. The molecule has 1 aliphatic heterocycles. The van der Waals surface area contributed by atoms with Crippen LogP contribution in [0, 0.1) is 5.92 Å². The van der Waals surface area contributed by atoms with Gasteiger partial charge in [0.1, 0.15) is 0 Å². The summed E-state index contributed by atoms with van der Waals surface area (Å²) in [6.45, 7) is 1.17. The van der Waals surface area contributed by atoms with Crippen molar-refractivity contribution in [3.63, 3.8) is 0 Å². The summed E-state index contributed by atoms with van der Waals surface area (Å²) in [6.07, 6.45) is 3.00. The summed E-state index contributed by atoms with van der Waals surface area (Å²) >= 11 is 0. The maximum Gasteiger partial charge on any atom is 0.253 e. The third-order valence-electron chi connectivity index (χ3n) is 4.64. The molecular weight excluding hydrogens is 334 g/mol. The molecule has 0 aliphatic carbocycles. The average Bonchev–Trinajstić information content (AvgIpc) is 2.67. The van der Waals surface area contributed by atoms with Crippen LogP contribution in [0.3, 0.4) is 0 Å². The average molecular weight is 355 g/mol. The van der Waals surface area contributed by atoms with Gasteiger partial charge in [0.05, 0.1) is 0 Å². The number of Topliss-reactive ketones (excluding diaryl/α,β-unsaturated/α-hetero) is 1. The van der Waals surface area contributed by atoms with Gasteiger partial charge in [-0.1, -0.05) is 30.3 Å². The number of rotatable bonds is 4. The molecule has 130 valence electrons. The molecule has 0 bridgehead atoms. The van der Waals surface area contributed by atoms with Crippen molar-refractivity contribution in [2.75, 3.05) is 19.3 Å². The van der Waals surface area contributed by atoms with Gasteiger partial charge < -0.3 is 4.90 Å². The third-order valence-corrected chi connectivity index (χ3v) is 5.58. The Morgan fingerprint density at radius 1 is 0.920 bits per heavy atom. The molecule has 25 heavy (non-hydrogen) atoms. The van der Waals surface area contributed by atoms with Crippen LogP contribution in [-0.4, -0.2) is 40.1 Å². The molecule has 0 aromatic heterocycles. The lowest BCUT2D eigenvalue weighted by Crippen LogP contribution is -2.40. The van der Waals surface area contributed by atoms with Gasteiger partial charge >= 0.3 is 0 Å². The fourth-order valence-electron chi connectivity index (χ4n) is 3.15. The van der Waals surface area contributed by atoms with Gasteiger partial charge in [0.25, 0.3) is 5.91 Å². The molecule has 2 aromatic carbocycles. The minimum absolute atomic E-state index is 0.0173. The van der Waals surface area contributed by atoms with Crippen molar-refractivity contribution in [3.8, 4) is 0 Å². The van der Waals surface area contributed by atoms with Crippen LogP contribution < -0.4 is 0 Å². The molecule has 5 heteroatoms. The van der Waals surface area contributed by atoms with E-state index in [-0.39, 0.29) is 17.6 Å². The van der Waals surface area contributed by atoms with Gasteiger partial charge in [-0.3, -0.25) is 13.8 Å². The first-order valence-electron chi connectivity index (χ1n) is 8.38. The lowest BCUT2D eigenvalue weighted by atomic mass is 9.88. The van der Waals surface area contributed by atoms with E-state index in [0.717, 1.165) is 5.56 Å². The van der Waals surface area contributed by atoms with Gasteiger partial charge in [-0.2, -0.15) is 0 Å². The molecule has 1 fully saturated rings. The van der Waals surface area contributed by atoms with Crippen molar-refractivity contribution in [1.82, 2.24) is 4.90 Å². The summed E-state index contributed by atoms with van der Waals surface area (Å²) in [6, 6.07) is 16.2. The van der Waals surface area contributed by atoms with Gasteiger partial charge in [-0.05, 0) is 37.1 Å². The standard InChI is InChI=1S/C20H21NO3S/c1-25(24)18-9-7-17(8-10-18)20(23)21-13-11-16(12-14-21)19(22)15-5-3-2-4-6-15/h2-10,16H,11-14H2,1H3. The number of carbonyl (C=O) groups is 2. The quantitative estimate of drug-likeness (QED) is 0.792. The van der Waals surface area contributed by atoms with E-state index in [4.69, 9.17) is 0 Å². The van der Waals surface area contributed by atoms with E-state index >= 15 is 0 Å². The van der Waals surface area contributed by atoms with Crippen LogP contribution in [0.1, 0.15) is 33.6 Å². The highest BCUT2D eigenvalue weighted by molar-refractivity contribution is 7.84. The van der Waals surface area contributed by atoms with Crippen LogP contribution in [0.5, 0.6) is 0 Å². The van der Waals surface area contributed by atoms with Crippen LogP contribution in [0.25, 0.3) is 0 Å². The van der Waals surface area contributed by atoms with Crippen LogP contribution >= 0.6 is 0 Å². The van der Waals surface area contributed by atoms with Crippen molar-refractivity contribution in [2.24, 2.45) is 5.92 Å². The van der Waals surface area contributed by atoms with Crippen molar-refractivity contribution in [1.29, 1.82) is 0 Å². The second-order valence-electron chi connectivity index (χ2n) is 6.28. The van der Waals surface area contributed by atoms with Crippen molar-refractivity contribution in [3.05, 3.63) is 65.7 Å². The van der Waals surface area contributed by atoms with Gasteiger partial charge in [0, 0.05) is 52.1 Å². The Kier molecular flexibility index (Phi) is 5.43. The van der Waals surface area contributed by atoms with Gasteiger partial charge in [-0.25, -0.2) is 0 Å². The van der Waals surface area contributed by atoms with E-state index in [1.807, 2.05) is 30.3 Å². The lowest BCUT2D eigenvalue weighted by molar-refractivity contribution is 0.0650. The lowest BCUT2D eigenvalue weighted by Gasteiger charge is -2.31. The van der Waals surface area contributed by atoms with Crippen molar-refractivity contribution >= 4 is 22.5 Å². The van der Waals surface area contributed by atoms with E-state index in [2.05, 4.69) is 0 Å². The number of benzene rings is 2. The fourth-order valence-corrected chi connectivity index (χ4v) is 3.67. The third kappa shape index (κ3) is 4.04. The number of hydrogen-bond acceptors (Lipinski definition) is 3. The monoisotopic (exact) mass is 355 g/mol. The zero-order chi connectivity index (χ0) is 17.8. The maximum absolute atomic E-state index is 12.6. The molecule has 3 rings (SSSR count). The summed E-state index contributed by atoms with van der Waals surface area (Å²) in [5, 5.41) is 0. The highest BCUT2D eigenvalue weighted by Crippen LogP contribution is 2.23. The Hall–Kier alpha value is -2.27. The van der Waals surface area contributed by atoms with Crippen molar-refractivity contribution in [2.45, 2.75) is 17.7 Å². The number of nitrogens with zero attached hydrogens (tertiary/aromatic N) is 1. The molecule has 1 amide bonds. The molecule has 1 heterocycles. The number of likely N-dealkylation sites (tertiary alicyclic amines) is 1. The minimum Gasteiger partial charge on any atom is -0.339 e. The Morgan fingerprint density at radius 2 is 1.52 bits per heavy atom. The van der Waals surface area contributed by atoms with E-state index in [1.165, 1.54) is 0 Å². The topological polar surface area (TPSA) is 54.5 Å². The first-order valence-corrected chi connectivity index (χ1v) is 9.94. The molecule has 4 nitrogen and oxygen atoms in total. The Balaban J connectivity index is 1.61. The molecule has 0 N–H and O–H groups in total. The molecule has 1 unspecified atom stereocenters. The molecule has 0 radical (unpaired) electrons. The summed E-state index contributed by atoms with van der Waals surface area (Å²) in [7, 11) is -1.05. The van der Waals surface area contributed by atoms with E-state index < -0.39 is 10.8 Å². The van der Waals surface area contributed by atoms with Gasteiger partial charge in [-0.15, -0.1) is 0 Å². The Labute approximate surface area is 150 Å². The second-order valence-corrected chi connectivity index (χ2v) is 7.65. The maximum atomic E-state index is 12.6. The van der Waals surface area contributed by atoms with Gasteiger partial charge in [0.15, 0.2) is 5.78 Å². The van der Waals surface area contributed by atoms with Crippen LogP contribution in [0.2, 0.25) is 0 Å². The summed E-state index contributed by atoms with van der Waals surface area (Å²) in [4.78, 5) is 27.6. The fraction of sp³-hybridized carbons (Fsp3) is 0.300. The number of carbonyl (C=O) groups excluding carboxylic acids is 2. The summed E-state index contributed by atoms with van der Waals surface area (Å²) < 4.78 is 11.4. The number of piperidine rings is 1. The van der Waals surface area contributed by atoms with E-state index in [1.54, 1.807) is 35.4 Å². The van der Waals surface area contributed by atoms with Crippen molar-refractivity contribution < 1.29 is 13.8 Å². The first kappa shape index (κ1) is 17.5. The number of hydrogen-bond donors (Lipinski definition) is 0. The molecule has 0 spiro atoms. The van der Waals surface area contributed by atoms with Gasteiger partial charge in [0.2, 0.25) is 0 Å². The molecule has 1 atom stereocenters. The predicted octanol–water partition coefficient (Wildman–Crippen LogP) is 3.16. The van der Waals surface area contributed by atoms with Crippen LogP contribution in [0.4, 0.5) is 0 Å². The van der Waals surface area contributed by atoms with Crippen LogP contribution in [-0.2, 0) is 10.8 Å². The zero-order valence-corrected chi connectivity index (χ0v) is 15.0. The normalized spacial score (nSPS) is 16.4. The van der Waals surface area contributed by atoms with E-state index in [0.29, 0.717) is 36.4 Å². The number of amides is 1. The zero-order valence-electron chi connectivity index (χ0n) is 14.2. The molecule has 0 saturated carbocycles. The second kappa shape index (κ2) is 7.74. The largest absolute Gasteiger partial charge is 0.339 e. The van der Waals surface area contributed by atoms with Crippen LogP contribution in [0.15, 0.2) is 59.5 Å². The smallest absolute Gasteiger partial charge is 0.253 e. The Bertz CT molecular complexity index is 778. The Morgan fingerprint density at radius 3 is 2.08 bits per heavy atom. The van der Waals surface area contributed by atoms with E-state index in [9.17, 15) is 13.8 Å².